The number of nitrogens with two attached hydrogens (primary N) is 1. The Morgan fingerprint density at radius 1 is 0.875 bits per heavy atom. The maximum absolute atomic E-state index is 5.81. The van der Waals surface area contributed by atoms with Gasteiger partial charge < -0.3 is 10.5 Å². The summed E-state index contributed by atoms with van der Waals surface area (Å²) in [6.07, 6.45) is 0. The van der Waals surface area contributed by atoms with Crippen LogP contribution in [0.25, 0.3) is 0 Å². The third kappa shape index (κ3) is 2.77. The average Bonchev–Trinajstić information content (AvgIpc) is 2.27. The molecule has 2 aromatic rings. The third-order valence-corrected chi connectivity index (χ3v) is 3.04. The van der Waals surface area contributed by atoms with E-state index in [2.05, 4.69) is 31.9 Å². The van der Waals surface area contributed by atoms with Crippen LogP contribution in [0.5, 0.6) is 11.5 Å². The van der Waals surface area contributed by atoms with Crippen LogP contribution in [0.1, 0.15) is 0 Å². The SMILES string of the molecule is Nc1ccc(Br)cc1Oc1ccc(Br)cc1. The molecule has 0 aliphatic carbocycles. The highest BCUT2D eigenvalue weighted by Crippen LogP contribution is 2.30. The number of hydrogen-bond donors (Lipinski definition) is 1. The van der Waals surface area contributed by atoms with Gasteiger partial charge in [0.1, 0.15) is 5.75 Å². The van der Waals surface area contributed by atoms with Gasteiger partial charge in [-0.3, -0.25) is 0 Å². The van der Waals surface area contributed by atoms with E-state index in [9.17, 15) is 0 Å². The molecule has 2 aromatic carbocycles. The highest BCUT2D eigenvalue weighted by molar-refractivity contribution is 9.10. The summed E-state index contributed by atoms with van der Waals surface area (Å²) in [5, 5.41) is 0. The van der Waals surface area contributed by atoms with Crippen molar-refractivity contribution in [3.63, 3.8) is 0 Å². The molecule has 0 heterocycles. The van der Waals surface area contributed by atoms with Crippen LogP contribution in [0, 0.1) is 0 Å². The number of halogens is 2. The lowest BCUT2D eigenvalue weighted by molar-refractivity contribution is 0.484. The summed E-state index contributed by atoms with van der Waals surface area (Å²) >= 11 is 6.75. The molecule has 0 aliphatic rings. The fourth-order valence-corrected chi connectivity index (χ4v) is 1.83. The van der Waals surface area contributed by atoms with Crippen LogP contribution in [-0.4, -0.2) is 0 Å². The summed E-state index contributed by atoms with van der Waals surface area (Å²) < 4.78 is 7.62. The highest BCUT2D eigenvalue weighted by atomic mass is 79.9. The predicted octanol–water partition coefficient (Wildman–Crippen LogP) is 4.59. The minimum Gasteiger partial charge on any atom is -0.455 e. The second-order valence-corrected chi connectivity index (χ2v) is 5.07. The smallest absolute Gasteiger partial charge is 0.151 e. The summed E-state index contributed by atoms with van der Waals surface area (Å²) in [6, 6.07) is 13.1. The van der Waals surface area contributed by atoms with Gasteiger partial charge >= 0.3 is 0 Å². The van der Waals surface area contributed by atoms with E-state index < -0.39 is 0 Å². The first-order chi connectivity index (χ1) is 7.65. The summed E-state index contributed by atoms with van der Waals surface area (Å²) in [6.45, 7) is 0. The molecule has 0 spiro atoms. The zero-order chi connectivity index (χ0) is 11.5. The second kappa shape index (κ2) is 4.89. The van der Waals surface area contributed by atoms with Crippen LogP contribution in [0.3, 0.4) is 0 Å². The van der Waals surface area contributed by atoms with Crippen LogP contribution in [0.15, 0.2) is 51.4 Å². The Labute approximate surface area is 111 Å². The molecular weight excluding hydrogens is 334 g/mol. The van der Waals surface area contributed by atoms with Gasteiger partial charge in [-0.15, -0.1) is 0 Å². The van der Waals surface area contributed by atoms with Crippen LogP contribution in [0.2, 0.25) is 0 Å². The Bertz CT molecular complexity index is 497. The van der Waals surface area contributed by atoms with Crippen LogP contribution < -0.4 is 10.5 Å². The van der Waals surface area contributed by atoms with Crippen molar-refractivity contribution in [2.45, 2.75) is 0 Å². The molecule has 2 rings (SSSR count). The predicted molar refractivity (Wildman–Crippen MR) is 72.8 cm³/mol. The lowest BCUT2D eigenvalue weighted by Crippen LogP contribution is -1.91. The van der Waals surface area contributed by atoms with Crippen molar-refractivity contribution in [3.8, 4) is 11.5 Å². The van der Waals surface area contributed by atoms with E-state index in [0.29, 0.717) is 11.4 Å². The molecule has 0 aromatic heterocycles. The molecule has 82 valence electrons. The Kier molecular flexibility index (Phi) is 3.51. The van der Waals surface area contributed by atoms with Gasteiger partial charge in [-0.25, -0.2) is 0 Å². The molecular formula is C12H9Br2NO. The Morgan fingerprint density at radius 2 is 1.50 bits per heavy atom. The molecule has 0 fully saturated rings. The lowest BCUT2D eigenvalue weighted by atomic mass is 10.3. The van der Waals surface area contributed by atoms with Gasteiger partial charge in [-0.05, 0) is 42.5 Å². The molecule has 0 aliphatic heterocycles. The number of nitrogen functional groups attached to an aromatic ring is 1. The summed E-state index contributed by atoms with van der Waals surface area (Å²) in [7, 11) is 0. The van der Waals surface area contributed by atoms with Crippen molar-refractivity contribution in [3.05, 3.63) is 51.4 Å². The topological polar surface area (TPSA) is 35.2 Å². The minimum atomic E-state index is 0.617. The summed E-state index contributed by atoms with van der Waals surface area (Å²) in [4.78, 5) is 0. The van der Waals surface area contributed by atoms with Crippen molar-refractivity contribution < 1.29 is 4.74 Å². The average molecular weight is 343 g/mol. The van der Waals surface area contributed by atoms with Crippen molar-refractivity contribution >= 4 is 37.5 Å². The van der Waals surface area contributed by atoms with Crippen LogP contribution in [-0.2, 0) is 0 Å². The van der Waals surface area contributed by atoms with E-state index in [1.807, 2.05) is 36.4 Å². The largest absolute Gasteiger partial charge is 0.455 e. The van der Waals surface area contributed by atoms with Gasteiger partial charge in [0.2, 0.25) is 0 Å². The molecule has 0 saturated carbocycles. The first-order valence-electron chi connectivity index (χ1n) is 4.63. The van der Waals surface area contributed by atoms with Crippen LogP contribution in [0.4, 0.5) is 5.69 Å². The van der Waals surface area contributed by atoms with E-state index in [4.69, 9.17) is 10.5 Å². The molecule has 2 nitrogen and oxygen atoms in total. The van der Waals surface area contributed by atoms with Crippen molar-refractivity contribution in [2.24, 2.45) is 0 Å². The fraction of sp³-hybridized carbons (Fsp3) is 0. The highest BCUT2D eigenvalue weighted by Gasteiger charge is 2.02. The van der Waals surface area contributed by atoms with Gasteiger partial charge in [0.25, 0.3) is 0 Å². The van der Waals surface area contributed by atoms with Gasteiger partial charge in [-0.1, -0.05) is 31.9 Å². The molecule has 0 bridgehead atoms. The normalized spacial score (nSPS) is 10.1. The number of hydrogen-bond acceptors (Lipinski definition) is 2. The van der Waals surface area contributed by atoms with E-state index in [-0.39, 0.29) is 0 Å². The number of ether oxygens (including phenoxy) is 1. The fourth-order valence-electron chi connectivity index (χ4n) is 1.23. The minimum absolute atomic E-state index is 0.617. The van der Waals surface area contributed by atoms with E-state index >= 15 is 0 Å². The molecule has 0 radical (unpaired) electrons. The van der Waals surface area contributed by atoms with Crippen molar-refractivity contribution in [2.75, 3.05) is 5.73 Å². The van der Waals surface area contributed by atoms with E-state index in [0.717, 1.165) is 14.7 Å². The molecule has 0 atom stereocenters. The Morgan fingerprint density at radius 3 is 2.19 bits per heavy atom. The lowest BCUT2D eigenvalue weighted by Gasteiger charge is -2.08. The third-order valence-electron chi connectivity index (χ3n) is 2.02. The molecule has 0 saturated heterocycles. The molecule has 16 heavy (non-hydrogen) atoms. The zero-order valence-electron chi connectivity index (χ0n) is 8.28. The van der Waals surface area contributed by atoms with Crippen molar-refractivity contribution in [1.29, 1.82) is 0 Å². The second-order valence-electron chi connectivity index (χ2n) is 3.24. The quantitative estimate of drug-likeness (QED) is 0.810. The number of benzene rings is 2. The molecule has 0 amide bonds. The van der Waals surface area contributed by atoms with Gasteiger partial charge in [0, 0.05) is 8.95 Å². The first-order valence-corrected chi connectivity index (χ1v) is 6.22. The Hall–Kier alpha value is -1.00. The first kappa shape index (κ1) is 11.5. The van der Waals surface area contributed by atoms with E-state index in [1.165, 1.54) is 0 Å². The van der Waals surface area contributed by atoms with E-state index in [1.54, 1.807) is 6.07 Å². The standard InChI is InChI=1S/C12H9Br2NO/c13-8-1-4-10(5-2-8)16-12-7-9(14)3-6-11(12)15/h1-7H,15H2. The van der Waals surface area contributed by atoms with Gasteiger partial charge in [0.05, 0.1) is 5.69 Å². The van der Waals surface area contributed by atoms with Crippen LogP contribution >= 0.6 is 31.9 Å². The summed E-state index contributed by atoms with van der Waals surface area (Å²) in [5.74, 6) is 1.41. The monoisotopic (exact) mass is 341 g/mol. The van der Waals surface area contributed by atoms with Gasteiger partial charge in [0.15, 0.2) is 5.75 Å². The number of anilines is 1. The van der Waals surface area contributed by atoms with Crippen molar-refractivity contribution in [1.82, 2.24) is 0 Å². The summed E-state index contributed by atoms with van der Waals surface area (Å²) in [5.41, 5.74) is 6.43. The molecule has 4 heteroatoms. The molecule has 2 N–H and O–H groups in total. The maximum Gasteiger partial charge on any atom is 0.151 e. The number of rotatable bonds is 2. The zero-order valence-corrected chi connectivity index (χ0v) is 11.5. The molecule has 0 unspecified atom stereocenters. The van der Waals surface area contributed by atoms with Gasteiger partial charge in [-0.2, -0.15) is 0 Å². The Balaban J connectivity index is 2.26. The maximum atomic E-state index is 5.81.